The Bertz CT molecular complexity index is 165. The molecule has 0 aromatic rings. The zero-order chi connectivity index (χ0) is 10.2. The maximum absolute atomic E-state index is 5.91. The number of rotatable bonds is 0. The van der Waals surface area contributed by atoms with E-state index < -0.39 is 0 Å². The van der Waals surface area contributed by atoms with Crippen LogP contribution in [0.1, 0.15) is 64.2 Å². The van der Waals surface area contributed by atoms with Crippen LogP contribution in [0.3, 0.4) is 0 Å². The van der Waals surface area contributed by atoms with E-state index in [1.165, 1.54) is 51.4 Å². The second-order valence-corrected chi connectivity index (χ2v) is 4.38. The quantitative estimate of drug-likeness (QED) is 0.625. The summed E-state index contributed by atoms with van der Waals surface area (Å²) in [6.45, 7) is 0. The highest BCUT2D eigenvalue weighted by molar-refractivity contribution is 5.06. The average Bonchev–Trinajstić information content (AvgIpc) is 2.18. The first-order valence-electron chi connectivity index (χ1n) is 6.03. The van der Waals surface area contributed by atoms with Gasteiger partial charge in [0.2, 0.25) is 0 Å². The third kappa shape index (κ3) is 4.54. The largest absolute Gasteiger partial charge is 0.401 e. The molecule has 0 spiro atoms. The molecular formula is C12H24N2. The van der Waals surface area contributed by atoms with Crippen LogP contribution in [-0.2, 0) is 0 Å². The third-order valence-electron chi connectivity index (χ3n) is 3.05. The Morgan fingerprint density at radius 2 is 0.786 bits per heavy atom. The van der Waals surface area contributed by atoms with Gasteiger partial charge in [0, 0.05) is 11.4 Å². The van der Waals surface area contributed by atoms with Gasteiger partial charge in [-0.2, -0.15) is 0 Å². The highest BCUT2D eigenvalue weighted by Gasteiger charge is 2.01. The number of hydrogen-bond donors (Lipinski definition) is 2. The summed E-state index contributed by atoms with van der Waals surface area (Å²) < 4.78 is 0. The fourth-order valence-corrected chi connectivity index (χ4v) is 2.01. The Kier molecular flexibility index (Phi) is 5.50. The van der Waals surface area contributed by atoms with Gasteiger partial charge in [-0.25, -0.2) is 0 Å². The Morgan fingerprint density at radius 1 is 0.500 bits per heavy atom. The third-order valence-corrected chi connectivity index (χ3v) is 3.05. The van der Waals surface area contributed by atoms with E-state index in [1.807, 2.05) is 0 Å². The van der Waals surface area contributed by atoms with E-state index in [0.29, 0.717) is 0 Å². The summed E-state index contributed by atoms with van der Waals surface area (Å²) >= 11 is 0. The maximum atomic E-state index is 5.91. The lowest BCUT2D eigenvalue weighted by Gasteiger charge is -2.09. The molecule has 0 unspecified atom stereocenters. The van der Waals surface area contributed by atoms with Crippen LogP contribution < -0.4 is 11.5 Å². The molecule has 0 heterocycles. The molecule has 0 saturated heterocycles. The first-order valence-corrected chi connectivity index (χ1v) is 6.03. The van der Waals surface area contributed by atoms with Crippen molar-refractivity contribution in [3.63, 3.8) is 0 Å². The van der Waals surface area contributed by atoms with Crippen molar-refractivity contribution < 1.29 is 0 Å². The molecule has 14 heavy (non-hydrogen) atoms. The number of allylic oxidation sites excluding steroid dienone is 2. The summed E-state index contributed by atoms with van der Waals surface area (Å²) in [7, 11) is 0. The van der Waals surface area contributed by atoms with Crippen molar-refractivity contribution >= 4 is 0 Å². The predicted molar refractivity (Wildman–Crippen MR) is 61.6 cm³/mol. The summed E-state index contributed by atoms with van der Waals surface area (Å²) in [6, 6.07) is 0. The molecule has 0 atom stereocenters. The number of hydrogen-bond acceptors (Lipinski definition) is 2. The fourth-order valence-electron chi connectivity index (χ4n) is 2.01. The second kappa shape index (κ2) is 6.74. The highest BCUT2D eigenvalue weighted by Crippen LogP contribution is 2.16. The summed E-state index contributed by atoms with van der Waals surface area (Å²) in [5.74, 6) is 0. The van der Waals surface area contributed by atoms with Gasteiger partial charge < -0.3 is 11.5 Å². The van der Waals surface area contributed by atoms with Gasteiger partial charge in [-0.3, -0.25) is 0 Å². The van der Waals surface area contributed by atoms with Gasteiger partial charge >= 0.3 is 0 Å². The molecule has 0 fully saturated rings. The van der Waals surface area contributed by atoms with Crippen LogP contribution in [0.25, 0.3) is 0 Å². The van der Waals surface area contributed by atoms with Gasteiger partial charge in [0.1, 0.15) is 0 Å². The molecule has 1 aliphatic rings. The predicted octanol–water partition coefficient (Wildman–Crippen LogP) is 3.03. The van der Waals surface area contributed by atoms with Crippen LogP contribution in [0.2, 0.25) is 0 Å². The first-order chi connectivity index (χ1) is 6.80. The fraction of sp³-hybridized carbons (Fsp3) is 0.833. The Balaban J connectivity index is 2.37. The molecule has 1 aliphatic carbocycles. The Hall–Kier alpha value is -0.660. The van der Waals surface area contributed by atoms with Gasteiger partial charge in [0.15, 0.2) is 0 Å². The molecule has 0 aromatic heterocycles. The van der Waals surface area contributed by atoms with Crippen molar-refractivity contribution in [2.75, 3.05) is 0 Å². The van der Waals surface area contributed by atoms with E-state index >= 15 is 0 Å². The Morgan fingerprint density at radius 3 is 1.14 bits per heavy atom. The zero-order valence-corrected chi connectivity index (χ0v) is 9.23. The minimum absolute atomic E-state index is 0.950. The lowest BCUT2D eigenvalue weighted by Crippen LogP contribution is -2.10. The number of nitrogens with two attached hydrogens (primary N) is 2. The monoisotopic (exact) mass is 196 g/mol. The van der Waals surface area contributed by atoms with Crippen LogP contribution in [0.5, 0.6) is 0 Å². The average molecular weight is 196 g/mol. The van der Waals surface area contributed by atoms with Gasteiger partial charge in [0.05, 0.1) is 0 Å². The molecule has 0 aliphatic heterocycles. The minimum atomic E-state index is 0.950. The van der Waals surface area contributed by atoms with Crippen molar-refractivity contribution in [1.82, 2.24) is 0 Å². The molecule has 2 nitrogen and oxygen atoms in total. The first kappa shape index (κ1) is 11.4. The van der Waals surface area contributed by atoms with Crippen LogP contribution in [0, 0.1) is 0 Å². The van der Waals surface area contributed by atoms with E-state index in [2.05, 4.69) is 0 Å². The van der Waals surface area contributed by atoms with E-state index in [-0.39, 0.29) is 0 Å². The van der Waals surface area contributed by atoms with E-state index in [0.717, 1.165) is 24.2 Å². The maximum Gasteiger partial charge on any atom is 0.0271 e. The molecule has 4 N–H and O–H groups in total. The molecule has 0 bridgehead atoms. The molecule has 0 amide bonds. The van der Waals surface area contributed by atoms with E-state index in [4.69, 9.17) is 11.5 Å². The normalized spacial score (nSPS) is 27.7. The zero-order valence-electron chi connectivity index (χ0n) is 9.23. The van der Waals surface area contributed by atoms with Crippen molar-refractivity contribution in [2.45, 2.75) is 64.2 Å². The molecule has 82 valence electrons. The van der Waals surface area contributed by atoms with Gasteiger partial charge in [-0.05, 0) is 25.7 Å². The van der Waals surface area contributed by atoms with Crippen LogP contribution in [0.4, 0.5) is 0 Å². The van der Waals surface area contributed by atoms with Gasteiger partial charge in [0.25, 0.3) is 0 Å². The molecule has 2 heteroatoms. The van der Waals surface area contributed by atoms with E-state index in [1.54, 1.807) is 0 Å². The second-order valence-electron chi connectivity index (χ2n) is 4.38. The van der Waals surface area contributed by atoms with Crippen LogP contribution in [-0.4, -0.2) is 0 Å². The van der Waals surface area contributed by atoms with Crippen molar-refractivity contribution in [3.8, 4) is 0 Å². The van der Waals surface area contributed by atoms with E-state index in [9.17, 15) is 0 Å². The Labute approximate surface area is 87.7 Å². The lowest BCUT2D eigenvalue weighted by atomic mass is 10.0. The van der Waals surface area contributed by atoms with Crippen molar-refractivity contribution in [1.29, 1.82) is 0 Å². The SMILES string of the molecule is N/C1=C(\N)CCCCCCCCCC1. The summed E-state index contributed by atoms with van der Waals surface area (Å²) in [5.41, 5.74) is 13.7. The van der Waals surface area contributed by atoms with Crippen LogP contribution in [0.15, 0.2) is 11.4 Å². The minimum Gasteiger partial charge on any atom is -0.401 e. The molecule has 0 aromatic carbocycles. The smallest absolute Gasteiger partial charge is 0.0271 e. The molecular weight excluding hydrogens is 172 g/mol. The lowest BCUT2D eigenvalue weighted by molar-refractivity contribution is 0.556. The van der Waals surface area contributed by atoms with Crippen molar-refractivity contribution in [3.05, 3.63) is 11.4 Å². The molecule has 0 saturated carbocycles. The topological polar surface area (TPSA) is 52.0 Å². The summed E-state index contributed by atoms with van der Waals surface area (Å²) in [5, 5.41) is 0. The van der Waals surface area contributed by atoms with Gasteiger partial charge in [-0.15, -0.1) is 0 Å². The van der Waals surface area contributed by atoms with Crippen molar-refractivity contribution in [2.24, 2.45) is 11.5 Å². The molecule has 0 radical (unpaired) electrons. The highest BCUT2D eigenvalue weighted by atomic mass is 14.7. The summed E-state index contributed by atoms with van der Waals surface area (Å²) in [4.78, 5) is 0. The van der Waals surface area contributed by atoms with Gasteiger partial charge in [-0.1, -0.05) is 38.5 Å². The standard InChI is InChI=1S/C12H24N2/c13-11-9-7-5-3-1-2-4-6-8-10-12(11)14/h1-10,13-14H2/b12-11-. The summed E-state index contributed by atoms with van der Waals surface area (Å²) in [6.07, 6.45) is 12.6. The van der Waals surface area contributed by atoms with Crippen LogP contribution >= 0.6 is 0 Å². The molecule has 1 rings (SSSR count).